The lowest BCUT2D eigenvalue weighted by atomic mass is 10.3. The van der Waals surface area contributed by atoms with Gasteiger partial charge < -0.3 is 15.5 Å². The van der Waals surface area contributed by atoms with Crippen LogP contribution in [-0.4, -0.2) is 54.5 Å². The van der Waals surface area contributed by atoms with Crippen molar-refractivity contribution in [3.05, 3.63) is 60.4 Å². The second kappa shape index (κ2) is 8.44. The van der Waals surface area contributed by atoms with Gasteiger partial charge in [0.1, 0.15) is 5.82 Å². The van der Waals surface area contributed by atoms with Gasteiger partial charge in [-0.1, -0.05) is 24.3 Å². The van der Waals surface area contributed by atoms with E-state index in [4.69, 9.17) is 0 Å². The highest BCUT2D eigenvalue weighted by molar-refractivity contribution is 5.92. The van der Waals surface area contributed by atoms with E-state index in [-0.39, 0.29) is 24.3 Å². The fourth-order valence-electron chi connectivity index (χ4n) is 2.80. The first-order valence-corrected chi connectivity index (χ1v) is 8.49. The first-order chi connectivity index (χ1) is 12.6. The molecule has 1 saturated heterocycles. The average molecular weight is 356 g/mol. The molecule has 7 heteroatoms. The van der Waals surface area contributed by atoms with Gasteiger partial charge in [0.2, 0.25) is 5.91 Å². The number of carbonyl (C=O) groups is 2. The van der Waals surface area contributed by atoms with E-state index < -0.39 is 0 Å². The molecule has 0 aliphatic carbocycles. The summed E-state index contributed by atoms with van der Waals surface area (Å²) >= 11 is 0. The largest absolute Gasteiger partial charge is 0.325 e. The summed E-state index contributed by atoms with van der Waals surface area (Å²) in [5.74, 6) is -0.585. The number of amides is 3. The average Bonchev–Trinajstić information content (AvgIpc) is 2.63. The number of nitrogens with one attached hydrogen (secondary N) is 2. The number of anilines is 2. The number of hydrogen-bond donors (Lipinski definition) is 2. The molecule has 2 aromatic carbocycles. The van der Waals surface area contributed by atoms with Crippen LogP contribution in [0.5, 0.6) is 0 Å². The minimum atomic E-state index is -0.388. The lowest BCUT2D eigenvalue weighted by Gasteiger charge is -2.34. The van der Waals surface area contributed by atoms with E-state index in [1.807, 2.05) is 35.2 Å². The number of urea groups is 1. The van der Waals surface area contributed by atoms with Crippen molar-refractivity contribution >= 4 is 23.3 Å². The Morgan fingerprint density at radius 3 is 2.27 bits per heavy atom. The second-order valence-corrected chi connectivity index (χ2v) is 6.12. The molecule has 1 aliphatic rings. The van der Waals surface area contributed by atoms with Crippen LogP contribution in [0.2, 0.25) is 0 Å². The third-order valence-corrected chi connectivity index (χ3v) is 4.16. The molecule has 1 heterocycles. The van der Waals surface area contributed by atoms with Crippen LogP contribution in [0.4, 0.5) is 20.6 Å². The molecule has 0 unspecified atom stereocenters. The Bertz CT molecular complexity index is 761. The molecule has 0 radical (unpaired) electrons. The quantitative estimate of drug-likeness (QED) is 0.885. The highest BCUT2D eigenvalue weighted by atomic mass is 19.1. The van der Waals surface area contributed by atoms with Crippen molar-refractivity contribution in [2.45, 2.75) is 0 Å². The van der Waals surface area contributed by atoms with Gasteiger partial charge in [0.15, 0.2) is 0 Å². The maximum Gasteiger partial charge on any atom is 0.321 e. The van der Waals surface area contributed by atoms with Gasteiger partial charge in [0.05, 0.1) is 6.54 Å². The van der Waals surface area contributed by atoms with E-state index in [1.165, 1.54) is 12.1 Å². The molecule has 0 atom stereocenters. The van der Waals surface area contributed by atoms with Gasteiger partial charge in [0.25, 0.3) is 0 Å². The van der Waals surface area contributed by atoms with Gasteiger partial charge in [-0.2, -0.15) is 0 Å². The van der Waals surface area contributed by atoms with Crippen molar-refractivity contribution in [1.82, 2.24) is 9.80 Å². The van der Waals surface area contributed by atoms with Gasteiger partial charge in [-0.3, -0.25) is 9.69 Å². The van der Waals surface area contributed by atoms with E-state index in [0.717, 1.165) is 5.69 Å². The zero-order chi connectivity index (χ0) is 18.4. The van der Waals surface area contributed by atoms with Crippen molar-refractivity contribution in [3.8, 4) is 0 Å². The molecule has 3 rings (SSSR count). The van der Waals surface area contributed by atoms with E-state index in [1.54, 1.807) is 17.0 Å². The standard InChI is InChI=1S/C19H21FN4O2/c20-15-5-4-8-17(13-15)21-18(25)14-23-9-11-24(12-10-23)19(26)22-16-6-2-1-3-7-16/h1-8,13H,9-12,14H2,(H,21,25)(H,22,26). The topological polar surface area (TPSA) is 64.7 Å². The number of carbonyl (C=O) groups excluding carboxylic acids is 2. The molecule has 0 saturated carbocycles. The summed E-state index contributed by atoms with van der Waals surface area (Å²) in [5, 5.41) is 5.54. The highest BCUT2D eigenvalue weighted by Crippen LogP contribution is 2.11. The molecular weight excluding hydrogens is 335 g/mol. The summed E-state index contributed by atoms with van der Waals surface area (Å²) in [4.78, 5) is 28.0. The summed E-state index contributed by atoms with van der Waals surface area (Å²) in [6.07, 6.45) is 0. The van der Waals surface area contributed by atoms with Crippen LogP contribution < -0.4 is 10.6 Å². The molecule has 2 aromatic rings. The number of piperazine rings is 1. The second-order valence-electron chi connectivity index (χ2n) is 6.12. The van der Waals surface area contributed by atoms with Crippen LogP contribution in [0, 0.1) is 5.82 Å². The molecule has 3 amide bonds. The monoisotopic (exact) mass is 356 g/mol. The smallest absolute Gasteiger partial charge is 0.321 e. The SMILES string of the molecule is O=C(CN1CCN(C(=O)Nc2ccccc2)CC1)Nc1cccc(F)c1. The number of rotatable bonds is 4. The van der Waals surface area contributed by atoms with Crippen molar-refractivity contribution in [2.75, 3.05) is 43.4 Å². The summed E-state index contributed by atoms with van der Waals surface area (Å²) in [5.41, 5.74) is 1.20. The molecule has 2 N–H and O–H groups in total. The summed E-state index contributed by atoms with van der Waals surface area (Å²) < 4.78 is 13.1. The summed E-state index contributed by atoms with van der Waals surface area (Å²) in [6.45, 7) is 2.53. The van der Waals surface area contributed by atoms with E-state index in [2.05, 4.69) is 10.6 Å². The number of halogens is 1. The first kappa shape index (κ1) is 17.9. The van der Waals surface area contributed by atoms with Gasteiger partial charge in [0, 0.05) is 37.6 Å². The van der Waals surface area contributed by atoms with Crippen LogP contribution in [0.25, 0.3) is 0 Å². The molecule has 1 fully saturated rings. The van der Waals surface area contributed by atoms with E-state index >= 15 is 0 Å². The van der Waals surface area contributed by atoms with Crippen molar-refractivity contribution in [3.63, 3.8) is 0 Å². The molecule has 136 valence electrons. The Morgan fingerprint density at radius 1 is 0.885 bits per heavy atom. The zero-order valence-electron chi connectivity index (χ0n) is 14.3. The summed E-state index contributed by atoms with van der Waals surface area (Å²) in [7, 11) is 0. The molecule has 0 aromatic heterocycles. The van der Waals surface area contributed by atoms with Crippen molar-refractivity contribution < 1.29 is 14.0 Å². The number of hydrogen-bond acceptors (Lipinski definition) is 3. The third kappa shape index (κ3) is 5.03. The van der Waals surface area contributed by atoms with Crippen molar-refractivity contribution in [1.29, 1.82) is 0 Å². The minimum absolute atomic E-state index is 0.139. The number of para-hydroxylation sites is 1. The Balaban J connectivity index is 1.43. The minimum Gasteiger partial charge on any atom is -0.325 e. The van der Waals surface area contributed by atoms with E-state index in [0.29, 0.717) is 31.9 Å². The highest BCUT2D eigenvalue weighted by Gasteiger charge is 2.22. The lowest BCUT2D eigenvalue weighted by Crippen LogP contribution is -2.51. The number of nitrogens with zero attached hydrogens (tertiary/aromatic N) is 2. The molecule has 26 heavy (non-hydrogen) atoms. The van der Waals surface area contributed by atoms with Crippen LogP contribution in [0.15, 0.2) is 54.6 Å². The Morgan fingerprint density at radius 2 is 1.58 bits per heavy atom. The van der Waals surface area contributed by atoms with Crippen LogP contribution in [-0.2, 0) is 4.79 Å². The molecule has 6 nitrogen and oxygen atoms in total. The van der Waals surface area contributed by atoms with Gasteiger partial charge >= 0.3 is 6.03 Å². The van der Waals surface area contributed by atoms with Gasteiger partial charge in [-0.15, -0.1) is 0 Å². The van der Waals surface area contributed by atoms with Crippen LogP contribution >= 0.6 is 0 Å². The fraction of sp³-hybridized carbons (Fsp3) is 0.263. The summed E-state index contributed by atoms with van der Waals surface area (Å²) in [6, 6.07) is 15.0. The van der Waals surface area contributed by atoms with Gasteiger partial charge in [-0.25, -0.2) is 9.18 Å². The van der Waals surface area contributed by atoms with Crippen LogP contribution in [0.3, 0.4) is 0 Å². The normalized spacial score (nSPS) is 14.7. The Hall–Kier alpha value is -2.93. The van der Waals surface area contributed by atoms with Gasteiger partial charge in [-0.05, 0) is 30.3 Å². The zero-order valence-corrected chi connectivity index (χ0v) is 14.3. The molecule has 0 bridgehead atoms. The van der Waals surface area contributed by atoms with Crippen LogP contribution in [0.1, 0.15) is 0 Å². The predicted octanol–water partition coefficient (Wildman–Crippen LogP) is 2.61. The molecule has 1 aliphatic heterocycles. The molecular formula is C19H21FN4O2. The maximum atomic E-state index is 13.1. The van der Waals surface area contributed by atoms with Crippen molar-refractivity contribution in [2.24, 2.45) is 0 Å². The Labute approximate surface area is 151 Å². The maximum absolute atomic E-state index is 13.1. The van der Waals surface area contributed by atoms with E-state index in [9.17, 15) is 14.0 Å². The predicted molar refractivity (Wildman–Crippen MR) is 98.5 cm³/mol. The molecule has 0 spiro atoms. The first-order valence-electron chi connectivity index (χ1n) is 8.49. The number of benzene rings is 2. The lowest BCUT2D eigenvalue weighted by molar-refractivity contribution is -0.117. The Kier molecular flexibility index (Phi) is 5.80. The third-order valence-electron chi connectivity index (χ3n) is 4.16. The fourth-order valence-corrected chi connectivity index (χ4v) is 2.80.